The van der Waals surface area contributed by atoms with Crippen molar-refractivity contribution in [3.63, 3.8) is 0 Å². The largest absolute Gasteiger partial charge is 0.264 e. The summed E-state index contributed by atoms with van der Waals surface area (Å²) in [6.45, 7) is 1.58. The maximum atomic E-state index is 7.59. The van der Waals surface area contributed by atoms with Crippen molar-refractivity contribution in [2.24, 2.45) is 0 Å². The SMILES string of the molecule is [2H]Cc1ccc2c(c1)c1ccccc1c1cccnc12.[2H]Cc1ccc2c3ccccc3c3ccccc3c2c1.[2H]Cc1ccc2c3ccccc3c3ncccc3c2c1.[2H]Cc1ccc2c3ccncc3c3ccccc3c2c1.[2H]Cc1ccc2c3cnccc3c3ccccc3c2c1.[2H][2H].[2H][2H].[2H][2H].[2H][2H].[2H][2H].[2H][2H].[2H][2H].[2H][2H].[2H][2H].[2H][2H].[2H][2H].[2H][2H].[2H][2H]. The Morgan fingerprint density at radius 2 is 0.400 bits per heavy atom. The minimum atomic E-state index is 0.310. The summed E-state index contributed by atoms with van der Waals surface area (Å²) in [6.07, 6.45) is 11.2. The van der Waals surface area contributed by atoms with Crippen LogP contribution in [-0.2, 0) is 0 Å². The molecule has 0 spiro atoms. The summed E-state index contributed by atoms with van der Waals surface area (Å²) in [4.78, 5) is 17.7. The van der Waals surface area contributed by atoms with Crippen LogP contribution in [0.1, 0.15) is 73.3 Å². The summed E-state index contributed by atoms with van der Waals surface area (Å²) in [5.74, 6) is 0. The van der Waals surface area contributed by atoms with Crippen LogP contribution in [0.5, 0.6) is 0 Å². The molecule has 476 valence electrons. The summed E-state index contributed by atoms with van der Waals surface area (Å²) in [5.41, 5.74) is 7.33. The van der Waals surface area contributed by atoms with Gasteiger partial charge in [-0.15, -0.1) is 0 Å². The van der Waals surface area contributed by atoms with Gasteiger partial charge in [-0.3, -0.25) is 19.9 Å². The van der Waals surface area contributed by atoms with E-state index >= 15 is 0 Å². The highest BCUT2D eigenvalue weighted by Gasteiger charge is 2.14. The minimum absolute atomic E-state index is 0.310. The maximum absolute atomic E-state index is 7.59. The van der Waals surface area contributed by atoms with E-state index in [-0.39, 0.29) is 0 Å². The van der Waals surface area contributed by atoms with E-state index in [0.717, 1.165) is 49.6 Å². The van der Waals surface area contributed by atoms with Gasteiger partial charge in [0, 0.05) is 115 Å². The summed E-state index contributed by atoms with van der Waals surface area (Å²) in [7, 11) is 0. The molecule has 0 unspecified atom stereocenters. The number of hydrogen-bond acceptors (Lipinski definition) is 4. The van der Waals surface area contributed by atoms with E-state index in [9.17, 15) is 0 Å². The van der Waals surface area contributed by atoms with Crippen molar-refractivity contribution < 1.29 is 45.5 Å². The predicted molar refractivity (Wildman–Crippen MR) is 437 cm³/mol. The van der Waals surface area contributed by atoms with Crippen LogP contribution in [0.4, 0.5) is 0 Å². The number of nitrogens with zero attached hydrogens (tertiary/aromatic N) is 4. The van der Waals surface area contributed by atoms with E-state index < -0.39 is 0 Å². The van der Waals surface area contributed by atoms with Crippen molar-refractivity contribution in [2.75, 3.05) is 0 Å². The van der Waals surface area contributed by atoms with Gasteiger partial charge in [-0.2, -0.15) is 0 Å². The number of aryl methyl sites for hydroxylation is 5. The third kappa shape index (κ3) is 10.6. The summed E-state index contributed by atoms with van der Waals surface area (Å²) < 4.78 is 168. The lowest BCUT2D eigenvalue weighted by Crippen LogP contribution is -1.86. The zero-order valence-corrected chi connectivity index (χ0v) is 52.3. The fourth-order valence-electron chi connectivity index (χ4n) is 14.3. The maximum Gasteiger partial charge on any atom is 0.0786 e. The summed E-state index contributed by atoms with van der Waals surface area (Å²) >= 11 is 0. The molecular formula is C91H92N4. The quantitative estimate of drug-likeness (QED) is 0.142. The molecule has 0 N–H and O–H groups in total. The zero-order valence-electron chi connectivity index (χ0n) is 83.3. The fraction of sp³-hybridized carbons (Fsp3) is 0.0549. The van der Waals surface area contributed by atoms with Gasteiger partial charge in [0.25, 0.3) is 0 Å². The van der Waals surface area contributed by atoms with Crippen molar-refractivity contribution in [1.29, 1.82) is 0 Å². The van der Waals surface area contributed by atoms with Crippen LogP contribution in [0, 0.1) is 34.5 Å². The Labute approximate surface area is 598 Å². The monoisotopic (exact) mass is 1270 g/mol. The van der Waals surface area contributed by atoms with Crippen molar-refractivity contribution >= 4 is 162 Å². The lowest BCUT2D eigenvalue weighted by Gasteiger charge is -2.10. The molecule has 4 nitrogen and oxygen atoms in total. The Bertz CT molecular complexity index is 5530. The molecule has 16 aromatic carbocycles. The average Bonchev–Trinajstić information content (AvgIpc) is 0.774. The van der Waals surface area contributed by atoms with Crippen LogP contribution in [-0.4, -0.2) is 19.9 Å². The molecule has 0 radical (unpaired) electrons. The topological polar surface area (TPSA) is 51.6 Å². The van der Waals surface area contributed by atoms with Crippen molar-refractivity contribution in [3.05, 3.63) is 338 Å². The van der Waals surface area contributed by atoms with Crippen molar-refractivity contribution in [1.82, 2.24) is 19.9 Å². The Balaban J connectivity index is 0.000000381. The fourth-order valence-corrected chi connectivity index (χ4v) is 14.3. The molecule has 0 saturated heterocycles. The molecule has 0 aliphatic rings. The summed E-state index contributed by atoms with van der Waals surface area (Å²) in [6, 6.07) is 94.7. The molecule has 4 aromatic heterocycles. The molecule has 0 atom stereocenters. The minimum Gasteiger partial charge on any atom is -0.264 e. The third-order valence-corrected chi connectivity index (χ3v) is 18.5. The molecular weight excluding hydrogens is 1150 g/mol. The van der Waals surface area contributed by atoms with E-state index in [4.69, 9.17) is 45.5 Å². The van der Waals surface area contributed by atoms with Crippen molar-refractivity contribution in [3.8, 4) is 0 Å². The number of rotatable bonds is 0. The van der Waals surface area contributed by atoms with Gasteiger partial charge in [-0.25, -0.2) is 0 Å². The lowest BCUT2D eigenvalue weighted by atomic mass is 9.93. The molecule has 4 heterocycles. The van der Waals surface area contributed by atoms with E-state index in [1.165, 1.54) is 140 Å². The lowest BCUT2D eigenvalue weighted by molar-refractivity contribution is 1.37. The average molecular weight is 1270 g/mol. The molecule has 0 bridgehead atoms. The molecule has 20 aromatic rings. The standard InChI is InChI=1S/C19H14.4C18H13N.13H2/c1-13-10-11-18-16-8-3-2-6-14(16)15-7-4-5-9-17(15)19(18)12-13;1-12-8-9-14-13-5-2-3-6-15(13)18-16(17(14)11-12)7-4-10-19-18;1-12-8-9-16-17(11-12)14-6-3-2-5-13(14)15-7-4-10-19-18(15)16;1-12-6-7-15-16-8-9-19-11-18(16)14-5-3-2-4-13(14)17(15)10-12;1-12-6-7-15-17(10-12)14-5-3-2-4-13(14)16-8-9-19-11-18(15)16;;;;;;;;;;;;;/h2-12H,1H3;4*2-11H,1H3;13*1H/i5*1D;13*1+1D. The van der Waals surface area contributed by atoms with Gasteiger partial charge in [0.05, 0.1) is 11.0 Å². The molecule has 0 amide bonds. The first-order chi connectivity index (χ1) is 62.4. The molecule has 0 aliphatic carbocycles. The Morgan fingerprint density at radius 1 is 0.200 bits per heavy atom. The zero-order chi connectivity index (χ0) is 93.6. The number of fused-ring (bicyclic) bond motifs is 30. The van der Waals surface area contributed by atoms with Crippen LogP contribution in [0.2, 0.25) is 0 Å². The molecule has 95 heavy (non-hydrogen) atoms. The number of hydrogen-bond donors (Lipinski definition) is 0. The van der Waals surface area contributed by atoms with E-state index in [2.05, 4.69) is 257 Å². The number of aromatic nitrogens is 4. The number of pyridine rings is 4. The highest BCUT2D eigenvalue weighted by Crippen LogP contribution is 2.40. The highest BCUT2D eigenvalue weighted by atomic mass is 14.7. The van der Waals surface area contributed by atoms with E-state index in [1.54, 1.807) is 0 Å². The van der Waals surface area contributed by atoms with Gasteiger partial charge >= 0.3 is 0 Å². The molecule has 4 heteroatoms. The predicted octanol–water partition coefficient (Wildman–Crippen LogP) is 28.1. The first-order valence-electron chi connectivity index (χ1n) is 48.4. The molecule has 0 fully saturated rings. The Hall–Kier alpha value is -12.0. The van der Waals surface area contributed by atoms with Crippen LogP contribution in [0.25, 0.3) is 162 Å². The second-order valence-corrected chi connectivity index (χ2v) is 24.3. The van der Waals surface area contributed by atoms with Gasteiger partial charge in [0.1, 0.15) is 0 Å². The number of benzene rings is 16. The Kier molecular flexibility index (Phi) is 10.7. The molecule has 20 rings (SSSR count). The van der Waals surface area contributed by atoms with Gasteiger partial charge < -0.3 is 0 Å². The van der Waals surface area contributed by atoms with Gasteiger partial charge in [-0.1, -0.05) is 277 Å². The van der Waals surface area contributed by atoms with Crippen molar-refractivity contribution in [2.45, 2.75) is 34.5 Å². The molecule has 0 saturated carbocycles. The van der Waals surface area contributed by atoms with Crippen LogP contribution in [0.3, 0.4) is 0 Å². The smallest absolute Gasteiger partial charge is 0.0786 e. The van der Waals surface area contributed by atoms with Gasteiger partial charge in [-0.05, 0) is 177 Å². The van der Waals surface area contributed by atoms with E-state index in [0.29, 0.717) is 34.5 Å². The van der Waals surface area contributed by atoms with E-state index in [1.807, 2.05) is 73.6 Å². The molecule has 0 aliphatic heterocycles. The van der Waals surface area contributed by atoms with Gasteiger partial charge in [0.15, 0.2) is 0 Å². The van der Waals surface area contributed by atoms with Gasteiger partial charge in [0.2, 0.25) is 0 Å². The van der Waals surface area contributed by atoms with Crippen LogP contribution in [0.15, 0.2) is 310 Å². The first kappa shape index (κ1) is 41.5. The second-order valence-electron chi connectivity index (χ2n) is 24.3. The van der Waals surface area contributed by atoms with Crippen LogP contribution < -0.4 is 0 Å². The third-order valence-electron chi connectivity index (χ3n) is 18.5. The normalized spacial score (nSPS) is 13.2. The highest BCUT2D eigenvalue weighted by molar-refractivity contribution is 6.29. The Morgan fingerprint density at radius 3 is 0.716 bits per heavy atom. The first-order valence-corrected chi connectivity index (χ1v) is 31.9. The second kappa shape index (κ2) is 24.6. The van der Waals surface area contributed by atoms with Crippen LogP contribution >= 0.6 is 0 Å². The summed E-state index contributed by atoms with van der Waals surface area (Å²) in [5, 5.41) is 34.4.